The third-order valence-corrected chi connectivity index (χ3v) is 3.87. The third-order valence-electron chi connectivity index (χ3n) is 3.31. The summed E-state index contributed by atoms with van der Waals surface area (Å²) in [4.78, 5) is 16.0. The molecule has 5 nitrogen and oxygen atoms in total. The quantitative estimate of drug-likeness (QED) is 0.285. The Balaban J connectivity index is 0.00000576. The fourth-order valence-electron chi connectivity index (χ4n) is 2.08. The summed E-state index contributed by atoms with van der Waals surface area (Å²) >= 11 is 12.2. The molecule has 0 aliphatic carbocycles. The number of guanidine groups is 1. The predicted molar refractivity (Wildman–Crippen MR) is 117 cm³/mol. The summed E-state index contributed by atoms with van der Waals surface area (Å²) in [5, 5.41) is 10.5. The summed E-state index contributed by atoms with van der Waals surface area (Å²) in [6.07, 6.45) is 1.30. The van der Waals surface area contributed by atoms with Crippen LogP contribution in [-0.2, 0) is 4.79 Å². The maximum Gasteiger partial charge on any atom is 0.221 e. The van der Waals surface area contributed by atoms with Crippen LogP contribution in [0.4, 0.5) is 0 Å². The van der Waals surface area contributed by atoms with E-state index in [1.807, 2.05) is 32.9 Å². The number of nitrogens with one attached hydrogen (secondary N) is 3. The van der Waals surface area contributed by atoms with Crippen LogP contribution in [0.3, 0.4) is 0 Å². The van der Waals surface area contributed by atoms with Crippen LogP contribution >= 0.6 is 47.2 Å². The molecule has 142 valence electrons. The van der Waals surface area contributed by atoms with E-state index in [-0.39, 0.29) is 35.9 Å². The second kappa shape index (κ2) is 13.5. The minimum absolute atomic E-state index is 0. The van der Waals surface area contributed by atoms with Gasteiger partial charge >= 0.3 is 0 Å². The largest absolute Gasteiger partial charge is 0.357 e. The van der Waals surface area contributed by atoms with Gasteiger partial charge in [0, 0.05) is 29.6 Å². The van der Waals surface area contributed by atoms with Crippen molar-refractivity contribution in [1.29, 1.82) is 0 Å². The van der Waals surface area contributed by atoms with E-state index < -0.39 is 0 Å². The lowest BCUT2D eigenvalue weighted by Gasteiger charge is -2.19. The Hall–Kier alpha value is -0.730. The van der Waals surface area contributed by atoms with Gasteiger partial charge in [0.15, 0.2) is 5.96 Å². The molecule has 3 N–H and O–H groups in total. The molecule has 0 radical (unpaired) electrons. The number of amides is 1. The lowest BCUT2D eigenvalue weighted by Crippen LogP contribution is -2.39. The Labute approximate surface area is 177 Å². The van der Waals surface area contributed by atoms with Crippen LogP contribution in [0.15, 0.2) is 23.2 Å². The number of carbonyl (C=O) groups excluding carboxylic acids is 1. The molecule has 1 unspecified atom stereocenters. The molecule has 1 aromatic rings. The first-order chi connectivity index (χ1) is 11.5. The number of hydrogen-bond acceptors (Lipinski definition) is 2. The van der Waals surface area contributed by atoms with Gasteiger partial charge in [-0.3, -0.25) is 9.79 Å². The molecule has 8 heteroatoms. The predicted octanol–water partition coefficient (Wildman–Crippen LogP) is 4.14. The minimum atomic E-state index is -0.0403. The number of carbonyl (C=O) groups is 1. The van der Waals surface area contributed by atoms with Crippen LogP contribution in [0, 0.1) is 0 Å². The van der Waals surface area contributed by atoms with Gasteiger partial charge in [-0.2, -0.15) is 0 Å². The molecular weight excluding hydrogens is 474 g/mol. The number of benzene rings is 1. The second-order valence-electron chi connectivity index (χ2n) is 5.39. The van der Waals surface area contributed by atoms with Crippen LogP contribution in [0.5, 0.6) is 0 Å². The molecule has 0 spiro atoms. The zero-order valence-electron chi connectivity index (χ0n) is 14.9. The monoisotopic (exact) mass is 500 g/mol. The molecule has 1 aromatic carbocycles. The molecule has 0 saturated heterocycles. The van der Waals surface area contributed by atoms with Crippen LogP contribution in [0.25, 0.3) is 0 Å². The number of halogens is 3. The second-order valence-corrected chi connectivity index (χ2v) is 6.24. The molecule has 0 aliphatic rings. The van der Waals surface area contributed by atoms with Gasteiger partial charge in [0.25, 0.3) is 0 Å². The molecule has 1 amide bonds. The van der Waals surface area contributed by atoms with Crippen molar-refractivity contribution in [2.24, 2.45) is 4.99 Å². The molecule has 0 saturated carbocycles. The van der Waals surface area contributed by atoms with Crippen molar-refractivity contribution in [2.75, 3.05) is 19.6 Å². The first-order valence-electron chi connectivity index (χ1n) is 8.24. The highest BCUT2D eigenvalue weighted by Gasteiger charge is 2.12. The van der Waals surface area contributed by atoms with Gasteiger partial charge in [-0.15, -0.1) is 24.0 Å². The molecule has 0 aliphatic heterocycles. The van der Waals surface area contributed by atoms with Gasteiger partial charge in [-0.1, -0.05) is 36.2 Å². The van der Waals surface area contributed by atoms with Gasteiger partial charge < -0.3 is 16.0 Å². The lowest BCUT2D eigenvalue weighted by atomic mass is 10.1. The maximum absolute atomic E-state index is 11.6. The van der Waals surface area contributed by atoms with Gasteiger partial charge in [0.1, 0.15) is 0 Å². The molecule has 0 fully saturated rings. The average molecular weight is 501 g/mol. The Kier molecular flexibility index (Phi) is 13.1. The van der Waals surface area contributed by atoms with E-state index in [4.69, 9.17) is 23.2 Å². The first kappa shape index (κ1) is 24.3. The fraction of sp³-hybridized carbons (Fsp3) is 0.529. The number of hydrogen-bond donors (Lipinski definition) is 3. The molecule has 1 atom stereocenters. The standard InChI is InChI=1S/C17H26Cl2N4O.HI/c1-4-9-21-16(24)8-10-22-17(20-5-2)23-12(3)14-7-6-13(18)11-15(14)19;/h6-7,11-12H,4-5,8-10H2,1-3H3,(H,21,24)(H2,20,22,23);1H. The third kappa shape index (κ3) is 9.51. The molecule has 1 rings (SSSR count). The number of aliphatic imine (C=N–C) groups is 1. The summed E-state index contributed by atoms with van der Waals surface area (Å²) in [6.45, 7) is 7.86. The van der Waals surface area contributed by atoms with Crippen LogP contribution in [0.1, 0.15) is 45.2 Å². The van der Waals surface area contributed by atoms with Gasteiger partial charge in [-0.05, 0) is 38.0 Å². The highest BCUT2D eigenvalue weighted by Crippen LogP contribution is 2.25. The van der Waals surface area contributed by atoms with E-state index >= 15 is 0 Å². The summed E-state index contributed by atoms with van der Waals surface area (Å²) in [5.74, 6) is 0.671. The Morgan fingerprint density at radius 1 is 1.24 bits per heavy atom. The van der Waals surface area contributed by atoms with Crippen molar-refractivity contribution in [2.45, 2.75) is 39.7 Å². The summed E-state index contributed by atoms with van der Waals surface area (Å²) in [7, 11) is 0. The van der Waals surface area contributed by atoms with Gasteiger partial charge in [-0.25, -0.2) is 0 Å². The summed E-state index contributed by atoms with van der Waals surface area (Å²) in [5.41, 5.74) is 0.937. The zero-order valence-corrected chi connectivity index (χ0v) is 18.7. The highest BCUT2D eigenvalue weighted by atomic mass is 127. The zero-order chi connectivity index (χ0) is 17.9. The van der Waals surface area contributed by atoms with Gasteiger partial charge in [0.2, 0.25) is 5.91 Å². The minimum Gasteiger partial charge on any atom is -0.357 e. The molecule has 25 heavy (non-hydrogen) atoms. The van der Waals surface area contributed by atoms with Crippen molar-refractivity contribution >= 4 is 59.0 Å². The molecule has 0 heterocycles. The van der Waals surface area contributed by atoms with Crippen molar-refractivity contribution in [3.63, 3.8) is 0 Å². The van der Waals surface area contributed by atoms with Crippen molar-refractivity contribution in [3.05, 3.63) is 33.8 Å². The van der Waals surface area contributed by atoms with E-state index in [1.165, 1.54) is 0 Å². The number of rotatable bonds is 8. The topological polar surface area (TPSA) is 65.5 Å². The number of nitrogens with zero attached hydrogens (tertiary/aromatic N) is 1. The summed E-state index contributed by atoms with van der Waals surface area (Å²) < 4.78 is 0. The smallest absolute Gasteiger partial charge is 0.221 e. The Morgan fingerprint density at radius 3 is 2.56 bits per heavy atom. The van der Waals surface area contributed by atoms with Gasteiger partial charge in [0.05, 0.1) is 12.6 Å². The molecule has 0 bridgehead atoms. The van der Waals surface area contributed by atoms with Crippen molar-refractivity contribution < 1.29 is 4.79 Å². The fourth-order valence-corrected chi connectivity index (χ4v) is 2.65. The van der Waals surface area contributed by atoms with Crippen molar-refractivity contribution in [3.8, 4) is 0 Å². The van der Waals surface area contributed by atoms with E-state index in [2.05, 4.69) is 20.9 Å². The van der Waals surface area contributed by atoms with E-state index in [9.17, 15) is 4.79 Å². The van der Waals surface area contributed by atoms with E-state index in [0.29, 0.717) is 35.5 Å². The normalized spacial score (nSPS) is 12.1. The summed E-state index contributed by atoms with van der Waals surface area (Å²) in [6, 6.07) is 5.38. The van der Waals surface area contributed by atoms with E-state index in [1.54, 1.807) is 6.07 Å². The van der Waals surface area contributed by atoms with Crippen LogP contribution in [-0.4, -0.2) is 31.5 Å². The average Bonchev–Trinajstić information content (AvgIpc) is 2.52. The van der Waals surface area contributed by atoms with E-state index in [0.717, 1.165) is 18.5 Å². The highest BCUT2D eigenvalue weighted by molar-refractivity contribution is 14.0. The first-order valence-corrected chi connectivity index (χ1v) is 9.00. The molecule has 0 aromatic heterocycles. The molecular formula is C17H27Cl2IN4O. The SMILES string of the molecule is CCCNC(=O)CCN=C(NCC)NC(C)c1ccc(Cl)cc1Cl.I. The van der Waals surface area contributed by atoms with Crippen LogP contribution < -0.4 is 16.0 Å². The van der Waals surface area contributed by atoms with Crippen LogP contribution in [0.2, 0.25) is 10.0 Å². The van der Waals surface area contributed by atoms with Crippen molar-refractivity contribution in [1.82, 2.24) is 16.0 Å². The lowest BCUT2D eigenvalue weighted by molar-refractivity contribution is -0.120. The Bertz CT molecular complexity index is 570. The maximum atomic E-state index is 11.6. The Morgan fingerprint density at radius 2 is 1.96 bits per heavy atom.